The van der Waals surface area contributed by atoms with Gasteiger partial charge in [-0.25, -0.2) is 0 Å². The molecule has 3 atom stereocenters. The van der Waals surface area contributed by atoms with Crippen LogP contribution in [0.4, 0.5) is 0 Å². The number of carbonyl (C=O) groups excluding carboxylic acids is 1. The van der Waals surface area contributed by atoms with E-state index in [1.54, 1.807) is 0 Å². The van der Waals surface area contributed by atoms with Crippen molar-refractivity contribution < 1.29 is 19.4 Å². The Bertz CT molecular complexity index is 405. The lowest BCUT2D eigenvalue weighted by Crippen LogP contribution is -2.60. The summed E-state index contributed by atoms with van der Waals surface area (Å²) in [5, 5.41) is 8.93. The summed E-state index contributed by atoms with van der Waals surface area (Å²) in [6.07, 6.45) is 4.34. The Morgan fingerprint density at radius 3 is 2.45 bits per heavy atom. The second-order valence-corrected chi connectivity index (χ2v) is 6.49. The fourth-order valence-corrected chi connectivity index (χ4v) is 4.04. The lowest BCUT2D eigenvalue weighted by Gasteiger charge is -2.41. The van der Waals surface area contributed by atoms with Gasteiger partial charge in [0, 0.05) is 25.1 Å². The summed E-state index contributed by atoms with van der Waals surface area (Å²) < 4.78 is 5.29. The molecule has 3 saturated heterocycles. The molecule has 3 unspecified atom stereocenters. The van der Waals surface area contributed by atoms with Crippen LogP contribution in [0.2, 0.25) is 0 Å². The van der Waals surface area contributed by atoms with Crippen molar-refractivity contribution in [2.24, 2.45) is 11.7 Å². The van der Waals surface area contributed by atoms with E-state index in [1.807, 2.05) is 4.90 Å². The van der Waals surface area contributed by atoms with Gasteiger partial charge in [-0.1, -0.05) is 0 Å². The zero-order valence-corrected chi connectivity index (χ0v) is 11.6. The van der Waals surface area contributed by atoms with Gasteiger partial charge in [0.15, 0.2) is 0 Å². The zero-order valence-electron chi connectivity index (χ0n) is 11.6. The van der Waals surface area contributed by atoms with Crippen molar-refractivity contribution in [2.45, 2.75) is 56.1 Å². The normalized spacial score (nSPS) is 40.0. The first kappa shape index (κ1) is 13.8. The number of rotatable bonds is 3. The van der Waals surface area contributed by atoms with Gasteiger partial charge in [-0.3, -0.25) is 9.59 Å². The maximum Gasteiger partial charge on any atom is 0.303 e. The van der Waals surface area contributed by atoms with Gasteiger partial charge in [0.05, 0.1) is 6.61 Å². The highest BCUT2D eigenvalue weighted by atomic mass is 16.5. The van der Waals surface area contributed by atoms with Crippen molar-refractivity contribution >= 4 is 11.9 Å². The van der Waals surface area contributed by atoms with Crippen LogP contribution in [0.1, 0.15) is 38.5 Å². The maximum atomic E-state index is 12.7. The van der Waals surface area contributed by atoms with Gasteiger partial charge in [0.1, 0.15) is 5.54 Å². The number of carboxylic acids is 1. The molecular weight excluding hydrogens is 260 g/mol. The second kappa shape index (κ2) is 5.00. The van der Waals surface area contributed by atoms with E-state index in [-0.39, 0.29) is 30.3 Å². The average Bonchev–Trinajstić information content (AvgIpc) is 2.92. The molecular formula is C14H22N2O4. The SMILES string of the molecule is NC1(C(=O)N2C3CCC2CC(CC(=O)O)C3)CCOC1. The first-order valence-corrected chi connectivity index (χ1v) is 7.41. The minimum Gasteiger partial charge on any atom is -0.481 e. The van der Waals surface area contributed by atoms with E-state index in [9.17, 15) is 9.59 Å². The summed E-state index contributed by atoms with van der Waals surface area (Å²) >= 11 is 0. The molecule has 0 aromatic heterocycles. The number of piperidine rings is 1. The van der Waals surface area contributed by atoms with Crippen molar-refractivity contribution in [1.82, 2.24) is 4.90 Å². The minimum atomic E-state index is -0.861. The number of carbonyl (C=O) groups is 2. The van der Waals surface area contributed by atoms with Crippen molar-refractivity contribution in [3.05, 3.63) is 0 Å². The van der Waals surface area contributed by atoms with Crippen LogP contribution in [0.5, 0.6) is 0 Å². The smallest absolute Gasteiger partial charge is 0.303 e. The molecule has 3 aliphatic heterocycles. The molecule has 0 aromatic carbocycles. The van der Waals surface area contributed by atoms with E-state index in [1.165, 1.54) is 0 Å². The van der Waals surface area contributed by atoms with Gasteiger partial charge < -0.3 is 20.5 Å². The highest BCUT2D eigenvalue weighted by Crippen LogP contribution is 2.41. The quantitative estimate of drug-likeness (QED) is 0.779. The second-order valence-electron chi connectivity index (χ2n) is 6.49. The van der Waals surface area contributed by atoms with Gasteiger partial charge in [-0.05, 0) is 38.0 Å². The van der Waals surface area contributed by atoms with Crippen LogP contribution in [0.3, 0.4) is 0 Å². The van der Waals surface area contributed by atoms with Crippen LogP contribution in [-0.2, 0) is 14.3 Å². The molecule has 3 fully saturated rings. The lowest BCUT2D eigenvalue weighted by molar-refractivity contribution is -0.143. The Morgan fingerprint density at radius 2 is 1.95 bits per heavy atom. The molecule has 6 nitrogen and oxygen atoms in total. The van der Waals surface area contributed by atoms with Crippen molar-refractivity contribution in [3.8, 4) is 0 Å². The molecule has 3 rings (SSSR count). The Kier molecular flexibility index (Phi) is 3.46. The maximum absolute atomic E-state index is 12.7. The van der Waals surface area contributed by atoms with E-state index >= 15 is 0 Å². The Balaban J connectivity index is 1.70. The molecule has 6 heteroatoms. The predicted octanol–water partition coefficient (Wildman–Crippen LogP) is 0.349. The van der Waals surface area contributed by atoms with Crippen molar-refractivity contribution in [3.63, 3.8) is 0 Å². The van der Waals surface area contributed by atoms with E-state index < -0.39 is 11.5 Å². The molecule has 0 spiro atoms. The molecule has 3 aliphatic rings. The minimum absolute atomic E-state index is 0.0104. The standard InChI is InChI=1S/C14H22N2O4/c15-14(3-4-20-8-14)13(19)16-10-1-2-11(16)6-9(5-10)7-12(17)18/h9-11H,1-8,15H2,(H,17,18). The summed E-state index contributed by atoms with van der Waals surface area (Å²) in [6.45, 7) is 0.855. The number of carboxylic acid groups (broad SMARTS) is 1. The fraction of sp³-hybridized carbons (Fsp3) is 0.857. The van der Waals surface area contributed by atoms with Gasteiger partial charge in [-0.15, -0.1) is 0 Å². The third kappa shape index (κ3) is 2.31. The third-order valence-electron chi connectivity index (χ3n) is 5.01. The lowest BCUT2D eigenvalue weighted by atomic mass is 9.86. The third-order valence-corrected chi connectivity index (χ3v) is 5.01. The molecule has 3 N–H and O–H groups in total. The summed E-state index contributed by atoms with van der Waals surface area (Å²) in [7, 11) is 0. The van der Waals surface area contributed by atoms with E-state index in [2.05, 4.69) is 0 Å². The van der Waals surface area contributed by atoms with Crippen LogP contribution >= 0.6 is 0 Å². The van der Waals surface area contributed by atoms with Gasteiger partial charge in [-0.2, -0.15) is 0 Å². The predicted molar refractivity (Wildman–Crippen MR) is 71.0 cm³/mol. The first-order chi connectivity index (χ1) is 9.49. The largest absolute Gasteiger partial charge is 0.481 e. The summed E-state index contributed by atoms with van der Waals surface area (Å²) in [6, 6.07) is 0.346. The first-order valence-electron chi connectivity index (χ1n) is 7.41. The number of nitrogens with two attached hydrogens (primary N) is 1. The number of nitrogens with zero attached hydrogens (tertiary/aromatic N) is 1. The number of amides is 1. The Hall–Kier alpha value is -1.14. The molecule has 1 amide bonds. The van der Waals surface area contributed by atoms with Gasteiger partial charge in [0.25, 0.3) is 0 Å². The molecule has 0 radical (unpaired) electrons. The molecule has 20 heavy (non-hydrogen) atoms. The van der Waals surface area contributed by atoms with Crippen LogP contribution in [0.25, 0.3) is 0 Å². The summed E-state index contributed by atoms with van der Waals surface area (Å²) in [4.78, 5) is 25.5. The summed E-state index contributed by atoms with van der Waals surface area (Å²) in [5.74, 6) is -0.535. The summed E-state index contributed by atoms with van der Waals surface area (Å²) in [5.41, 5.74) is 5.33. The molecule has 0 saturated carbocycles. The number of fused-ring (bicyclic) bond motifs is 2. The van der Waals surface area contributed by atoms with E-state index in [0.717, 1.165) is 25.7 Å². The monoisotopic (exact) mass is 282 g/mol. The molecule has 3 heterocycles. The van der Waals surface area contributed by atoms with Crippen molar-refractivity contribution in [2.75, 3.05) is 13.2 Å². The van der Waals surface area contributed by atoms with Gasteiger partial charge >= 0.3 is 5.97 Å². The van der Waals surface area contributed by atoms with Crippen LogP contribution < -0.4 is 5.73 Å². The van der Waals surface area contributed by atoms with Crippen molar-refractivity contribution in [1.29, 1.82) is 0 Å². The van der Waals surface area contributed by atoms with Gasteiger partial charge in [0.2, 0.25) is 5.91 Å². The fourth-order valence-electron chi connectivity index (χ4n) is 4.04. The van der Waals surface area contributed by atoms with Crippen LogP contribution in [0.15, 0.2) is 0 Å². The number of hydrogen-bond acceptors (Lipinski definition) is 4. The van der Waals surface area contributed by atoms with Crippen LogP contribution in [-0.4, -0.2) is 52.7 Å². The topological polar surface area (TPSA) is 92.9 Å². The highest BCUT2D eigenvalue weighted by Gasteiger charge is 2.50. The molecule has 0 aliphatic carbocycles. The molecule has 0 aromatic rings. The molecule has 112 valence electrons. The van der Waals surface area contributed by atoms with E-state index in [4.69, 9.17) is 15.6 Å². The average molecular weight is 282 g/mol. The highest BCUT2D eigenvalue weighted by molar-refractivity contribution is 5.87. The van der Waals surface area contributed by atoms with Crippen LogP contribution in [0, 0.1) is 5.92 Å². The number of aliphatic carboxylic acids is 1. The molecule has 2 bridgehead atoms. The number of ether oxygens (including phenoxy) is 1. The Morgan fingerprint density at radius 1 is 1.30 bits per heavy atom. The Labute approximate surface area is 118 Å². The number of hydrogen-bond donors (Lipinski definition) is 2. The zero-order chi connectivity index (χ0) is 14.3. The van der Waals surface area contributed by atoms with E-state index in [0.29, 0.717) is 19.6 Å².